The van der Waals surface area contributed by atoms with Gasteiger partial charge in [-0.05, 0) is 51.3 Å². The van der Waals surface area contributed by atoms with Gasteiger partial charge in [0.1, 0.15) is 11.3 Å². The van der Waals surface area contributed by atoms with Gasteiger partial charge < -0.3 is 14.0 Å². The van der Waals surface area contributed by atoms with Crippen LogP contribution in [0.3, 0.4) is 0 Å². The van der Waals surface area contributed by atoms with E-state index in [4.69, 9.17) is 26.1 Å². The summed E-state index contributed by atoms with van der Waals surface area (Å²) in [5, 5.41) is 1.80. The lowest BCUT2D eigenvalue weighted by Gasteiger charge is -2.31. The number of benzene rings is 1. The van der Waals surface area contributed by atoms with Crippen LogP contribution in [0.4, 0.5) is 0 Å². The van der Waals surface area contributed by atoms with Crippen LogP contribution in [0.2, 0.25) is 5.02 Å². The summed E-state index contributed by atoms with van der Waals surface area (Å²) in [4.78, 5) is 9.66. The fraction of sp³-hybridized carbons (Fsp3) is 0.524. The Morgan fingerprint density at radius 3 is 2.74 bits per heavy atom. The molecule has 0 bridgehead atoms. The van der Waals surface area contributed by atoms with Crippen molar-refractivity contribution in [2.24, 2.45) is 0 Å². The second-order valence-electron chi connectivity index (χ2n) is 7.93. The lowest BCUT2D eigenvalue weighted by Crippen LogP contribution is -2.27. The lowest BCUT2D eigenvalue weighted by molar-refractivity contribution is 0.00603. The molecule has 2 fully saturated rings. The Balaban J connectivity index is 1.76. The second kappa shape index (κ2) is 6.73. The molecule has 2 unspecified atom stereocenters. The maximum Gasteiger partial charge on any atom is 0.115 e. The van der Waals surface area contributed by atoms with Gasteiger partial charge in [0.15, 0.2) is 0 Å². The van der Waals surface area contributed by atoms with Crippen molar-refractivity contribution in [3.63, 3.8) is 0 Å². The largest absolute Gasteiger partial charge is 0.378 e. The fourth-order valence-electron chi connectivity index (χ4n) is 4.63. The Morgan fingerprint density at radius 2 is 1.96 bits per heavy atom. The summed E-state index contributed by atoms with van der Waals surface area (Å²) >= 11 is 6.34. The zero-order valence-corrected chi connectivity index (χ0v) is 16.4. The predicted molar refractivity (Wildman–Crippen MR) is 107 cm³/mol. The van der Waals surface area contributed by atoms with Crippen molar-refractivity contribution < 1.29 is 9.47 Å². The molecule has 5 nitrogen and oxygen atoms in total. The monoisotopic (exact) mass is 385 g/mol. The van der Waals surface area contributed by atoms with E-state index >= 15 is 0 Å². The van der Waals surface area contributed by atoms with Crippen LogP contribution in [0.25, 0.3) is 21.9 Å². The van der Waals surface area contributed by atoms with Crippen LogP contribution in [-0.2, 0) is 9.47 Å². The highest BCUT2D eigenvalue weighted by atomic mass is 35.5. The minimum Gasteiger partial charge on any atom is -0.378 e. The number of hydrogen-bond donors (Lipinski definition) is 0. The molecule has 2 aromatic heterocycles. The highest BCUT2D eigenvalue weighted by Crippen LogP contribution is 2.38. The van der Waals surface area contributed by atoms with Gasteiger partial charge in [0.05, 0.1) is 36.0 Å². The third kappa shape index (κ3) is 3.02. The Kier molecular flexibility index (Phi) is 4.34. The maximum atomic E-state index is 6.34. The smallest absolute Gasteiger partial charge is 0.115 e. The summed E-state index contributed by atoms with van der Waals surface area (Å²) in [7, 11) is 0. The number of rotatable bonds is 2. The molecule has 3 aromatic rings. The van der Waals surface area contributed by atoms with E-state index < -0.39 is 0 Å². The third-order valence-corrected chi connectivity index (χ3v) is 6.13. The number of hydrogen-bond acceptors (Lipinski definition) is 4. The molecule has 0 radical (unpaired) electrons. The molecule has 6 heteroatoms. The summed E-state index contributed by atoms with van der Waals surface area (Å²) < 4.78 is 14.1. The van der Waals surface area contributed by atoms with Gasteiger partial charge in [-0.25, -0.2) is 4.98 Å². The first-order chi connectivity index (χ1) is 13.1. The van der Waals surface area contributed by atoms with Crippen molar-refractivity contribution in [3.8, 4) is 0 Å². The van der Waals surface area contributed by atoms with Gasteiger partial charge in [0.2, 0.25) is 0 Å². The van der Waals surface area contributed by atoms with Crippen LogP contribution in [0.15, 0.2) is 24.4 Å². The van der Waals surface area contributed by atoms with Crippen LogP contribution in [0.5, 0.6) is 0 Å². The SMILES string of the molecule is CC1CC(c2nc3cnc4ccc(Cl)cc4c3n2[C@@H]2CCO[C@H](C)C2)CO1. The van der Waals surface area contributed by atoms with Crippen molar-refractivity contribution in [3.05, 3.63) is 35.2 Å². The third-order valence-electron chi connectivity index (χ3n) is 5.89. The normalized spacial score (nSPS) is 29.0. The van der Waals surface area contributed by atoms with E-state index in [0.29, 0.717) is 12.0 Å². The number of pyridine rings is 1. The van der Waals surface area contributed by atoms with Gasteiger partial charge in [0.25, 0.3) is 0 Å². The molecule has 2 aliphatic heterocycles. The summed E-state index contributed by atoms with van der Waals surface area (Å²) in [6, 6.07) is 6.27. The zero-order chi connectivity index (χ0) is 18.5. The summed E-state index contributed by atoms with van der Waals surface area (Å²) in [5.74, 6) is 1.45. The standard InChI is InChI=1S/C21H24ClN3O2/c1-12-7-14(11-27-12)21-24-19-10-23-18-4-3-15(22)9-17(18)20(19)25(21)16-5-6-26-13(2)8-16/h3-4,9-10,12-14,16H,5-8,11H2,1-2H3/t12?,13-,14?,16-/m1/s1. The minimum atomic E-state index is 0.254. The van der Waals surface area contributed by atoms with Gasteiger partial charge in [-0.3, -0.25) is 4.98 Å². The van der Waals surface area contributed by atoms with Crippen LogP contribution in [-0.4, -0.2) is 40.0 Å². The Labute approximate surface area is 163 Å². The van der Waals surface area contributed by atoms with Crippen molar-refractivity contribution in [1.29, 1.82) is 0 Å². The highest BCUT2D eigenvalue weighted by Gasteiger charge is 2.32. The number of imidazole rings is 1. The van der Waals surface area contributed by atoms with Crippen molar-refractivity contribution in [2.75, 3.05) is 13.2 Å². The maximum absolute atomic E-state index is 6.34. The summed E-state index contributed by atoms with van der Waals surface area (Å²) in [6.45, 7) is 5.81. The molecule has 2 aliphatic rings. The molecule has 0 amide bonds. The average molecular weight is 386 g/mol. The Morgan fingerprint density at radius 1 is 1.11 bits per heavy atom. The molecule has 142 valence electrons. The van der Waals surface area contributed by atoms with Crippen LogP contribution >= 0.6 is 11.6 Å². The first kappa shape index (κ1) is 17.4. The topological polar surface area (TPSA) is 49.2 Å². The van der Waals surface area contributed by atoms with Crippen LogP contribution < -0.4 is 0 Å². The van der Waals surface area contributed by atoms with Crippen LogP contribution in [0, 0.1) is 0 Å². The van der Waals surface area contributed by atoms with E-state index in [1.807, 2.05) is 24.4 Å². The highest BCUT2D eigenvalue weighted by molar-refractivity contribution is 6.31. The van der Waals surface area contributed by atoms with E-state index in [-0.39, 0.29) is 12.2 Å². The molecule has 4 heterocycles. The number of ether oxygens (including phenoxy) is 2. The van der Waals surface area contributed by atoms with Crippen molar-refractivity contribution in [1.82, 2.24) is 14.5 Å². The summed E-state index contributed by atoms with van der Waals surface area (Å²) in [5.41, 5.74) is 3.05. The first-order valence-corrected chi connectivity index (χ1v) is 10.2. The molecule has 0 aliphatic carbocycles. The number of nitrogens with zero attached hydrogens (tertiary/aromatic N) is 3. The van der Waals surface area contributed by atoms with E-state index in [2.05, 4.69) is 23.4 Å². The van der Waals surface area contributed by atoms with Gasteiger partial charge in [-0.1, -0.05) is 11.6 Å². The number of aromatic nitrogens is 3. The lowest BCUT2D eigenvalue weighted by atomic mass is 10.0. The molecule has 4 atom stereocenters. The predicted octanol–water partition coefficient (Wildman–Crippen LogP) is 4.87. The van der Waals surface area contributed by atoms with E-state index in [1.165, 1.54) is 0 Å². The molecule has 1 aromatic carbocycles. The molecule has 0 spiro atoms. The Hall–Kier alpha value is -1.69. The average Bonchev–Trinajstić information content (AvgIpc) is 3.25. The molecular weight excluding hydrogens is 362 g/mol. The van der Waals surface area contributed by atoms with Gasteiger partial charge in [0, 0.05) is 29.0 Å². The Bertz CT molecular complexity index is 1000. The first-order valence-electron chi connectivity index (χ1n) is 9.79. The number of fused-ring (bicyclic) bond motifs is 3. The molecule has 0 saturated carbocycles. The number of halogens is 1. The van der Waals surface area contributed by atoms with Gasteiger partial charge in [-0.15, -0.1) is 0 Å². The second-order valence-corrected chi connectivity index (χ2v) is 8.37. The van der Waals surface area contributed by atoms with E-state index in [1.54, 1.807) is 0 Å². The van der Waals surface area contributed by atoms with Gasteiger partial charge >= 0.3 is 0 Å². The van der Waals surface area contributed by atoms with Crippen molar-refractivity contribution >= 4 is 33.5 Å². The molecule has 27 heavy (non-hydrogen) atoms. The molecule has 5 rings (SSSR count). The van der Waals surface area contributed by atoms with Crippen LogP contribution in [0.1, 0.15) is 50.9 Å². The van der Waals surface area contributed by atoms with E-state index in [9.17, 15) is 0 Å². The zero-order valence-electron chi connectivity index (χ0n) is 15.7. The molecule has 0 N–H and O–H groups in total. The summed E-state index contributed by atoms with van der Waals surface area (Å²) in [6.07, 6.45) is 5.43. The minimum absolute atomic E-state index is 0.254. The quantitative estimate of drug-likeness (QED) is 0.631. The fourth-order valence-corrected chi connectivity index (χ4v) is 4.80. The van der Waals surface area contributed by atoms with Gasteiger partial charge in [-0.2, -0.15) is 0 Å². The van der Waals surface area contributed by atoms with Crippen molar-refractivity contribution in [2.45, 2.75) is 57.3 Å². The van der Waals surface area contributed by atoms with E-state index in [0.717, 1.165) is 65.3 Å². The molecular formula is C21H24ClN3O2. The molecule has 2 saturated heterocycles.